The van der Waals surface area contributed by atoms with E-state index in [1.54, 1.807) is 18.2 Å². The van der Waals surface area contributed by atoms with Gasteiger partial charge in [-0.2, -0.15) is 0 Å². The van der Waals surface area contributed by atoms with E-state index >= 15 is 0 Å². The van der Waals surface area contributed by atoms with Crippen LogP contribution in [0.25, 0.3) is 0 Å². The highest BCUT2D eigenvalue weighted by Crippen LogP contribution is 2.20. The lowest BCUT2D eigenvalue weighted by molar-refractivity contribution is 0.0594. The first-order valence-electron chi connectivity index (χ1n) is 5.15. The van der Waals surface area contributed by atoms with Crippen molar-refractivity contribution in [1.82, 2.24) is 9.97 Å². The summed E-state index contributed by atoms with van der Waals surface area (Å²) in [5.74, 6) is 0.201. The Kier molecular flexibility index (Phi) is 3.89. The number of ether oxygens (including phenoxy) is 1. The molecule has 0 saturated heterocycles. The summed E-state index contributed by atoms with van der Waals surface area (Å²) in [5.41, 5.74) is 1.24. The van der Waals surface area contributed by atoms with Crippen LogP contribution in [0, 0.1) is 0 Å². The van der Waals surface area contributed by atoms with Crippen LogP contribution in [0.2, 0.25) is 10.0 Å². The first kappa shape index (κ1) is 12.9. The van der Waals surface area contributed by atoms with Crippen LogP contribution < -0.4 is 0 Å². The van der Waals surface area contributed by atoms with Crippen molar-refractivity contribution in [2.45, 2.75) is 6.42 Å². The Morgan fingerprint density at radius 3 is 2.61 bits per heavy atom. The molecule has 0 bridgehead atoms. The van der Waals surface area contributed by atoms with Crippen molar-refractivity contribution >= 4 is 29.2 Å². The number of carbonyl (C=O) groups is 1. The minimum atomic E-state index is -0.446. The molecule has 1 heterocycles. The summed E-state index contributed by atoms with van der Waals surface area (Å²) in [6.07, 6.45) is 1.95. The van der Waals surface area contributed by atoms with E-state index in [1.165, 1.54) is 13.3 Å². The number of methoxy groups -OCH3 is 1. The Balaban J connectivity index is 2.18. The molecule has 0 saturated carbocycles. The average molecular weight is 285 g/mol. The molecule has 1 aromatic carbocycles. The first-order valence-corrected chi connectivity index (χ1v) is 5.91. The standard InChI is InChI=1S/C12H10Cl2N2O2/c1-18-12(17)10-6-15-11(16-10)4-7-2-8(13)5-9(14)3-7/h2-3,5-6H,4H2,1H3,(H,15,16). The van der Waals surface area contributed by atoms with Crippen molar-refractivity contribution in [2.75, 3.05) is 7.11 Å². The molecule has 0 aliphatic rings. The molecule has 2 rings (SSSR count). The normalized spacial score (nSPS) is 10.4. The van der Waals surface area contributed by atoms with Crippen LogP contribution in [0.15, 0.2) is 24.4 Å². The van der Waals surface area contributed by atoms with Crippen molar-refractivity contribution in [3.8, 4) is 0 Å². The lowest BCUT2D eigenvalue weighted by Gasteiger charge is -2.01. The fourth-order valence-electron chi connectivity index (χ4n) is 1.57. The van der Waals surface area contributed by atoms with Gasteiger partial charge in [-0.25, -0.2) is 9.78 Å². The molecule has 1 aromatic heterocycles. The number of imidazole rings is 1. The molecule has 0 fully saturated rings. The van der Waals surface area contributed by atoms with E-state index < -0.39 is 5.97 Å². The van der Waals surface area contributed by atoms with E-state index in [1.807, 2.05) is 0 Å². The van der Waals surface area contributed by atoms with Gasteiger partial charge in [-0.1, -0.05) is 23.2 Å². The Hall–Kier alpha value is -1.52. The number of rotatable bonds is 3. The maximum atomic E-state index is 11.3. The van der Waals surface area contributed by atoms with Gasteiger partial charge in [0.25, 0.3) is 0 Å². The molecule has 18 heavy (non-hydrogen) atoms. The van der Waals surface area contributed by atoms with Gasteiger partial charge in [0, 0.05) is 16.5 Å². The van der Waals surface area contributed by atoms with E-state index in [4.69, 9.17) is 23.2 Å². The fraction of sp³-hybridized carbons (Fsp3) is 0.167. The molecular formula is C12H10Cl2N2O2. The quantitative estimate of drug-likeness (QED) is 0.882. The number of halogens is 2. The van der Waals surface area contributed by atoms with Gasteiger partial charge < -0.3 is 9.72 Å². The summed E-state index contributed by atoms with van der Waals surface area (Å²) in [4.78, 5) is 18.2. The van der Waals surface area contributed by atoms with Gasteiger partial charge in [-0.15, -0.1) is 0 Å². The van der Waals surface area contributed by atoms with Gasteiger partial charge in [0.2, 0.25) is 0 Å². The molecule has 0 aliphatic carbocycles. The van der Waals surface area contributed by atoms with Crippen LogP contribution in [-0.2, 0) is 11.2 Å². The lowest BCUT2D eigenvalue weighted by atomic mass is 10.1. The zero-order chi connectivity index (χ0) is 13.1. The van der Waals surface area contributed by atoms with Gasteiger partial charge in [0.1, 0.15) is 11.5 Å². The van der Waals surface area contributed by atoms with E-state index in [9.17, 15) is 4.79 Å². The van der Waals surface area contributed by atoms with Gasteiger partial charge in [0.05, 0.1) is 13.3 Å². The SMILES string of the molecule is COC(=O)c1cnc(Cc2cc(Cl)cc(Cl)c2)[nH]1. The molecule has 0 amide bonds. The number of aromatic amines is 1. The molecule has 0 radical (unpaired) electrons. The maximum Gasteiger partial charge on any atom is 0.356 e. The number of benzene rings is 1. The van der Waals surface area contributed by atoms with Gasteiger partial charge >= 0.3 is 5.97 Å². The minimum absolute atomic E-state index is 0.320. The second-order valence-corrected chi connectivity index (χ2v) is 4.56. The molecule has 2 aromatic rings. The fourth-order valence-corrected chi connectivity index (χ4v) is 2.14. The lowest BCUT2D eigenvalue weighted by Crippen LogP contribution is -2.01. The summed E-state index contributed by atoms with van der Waals surface area (Å²) >= 11 is 11.8. The van der Waals surface area contributed by atoms with Crippen molar-refractivity contribution < 1.29 is 9.53 Å². The topological polar surface area (TPSA) is 55.0 Å². The number of hydrogen-bond donors (Lipinski definition) is 1. The Morgan fingerprint density at radius 2 is 2.00 bits per heavy atom. The van der Waals surface area contributed by atoms with Crippen molar-refractivity contribution in [3.63, 3.8) is 0 Å². The highest BCUT2D eigenvalue weighted by molar-refractivity contribution is 6.34. The summed E-state index contributed by atoms with van der Waals surface area (Å²) in [6.45, 7) is 0. The third-order valence-electron chi connectivity index (χ3n) is 2.33. The predicted octanol–water partition coefficient (Wildman–Crippen LogP) is 3.09. The third kappa shape index (κ3) is 3.03. The average Bonchev–Trinajstić information content (AvgIpc) is 2.75. The molecular weight excluding hydrogens is 275 g/mol. The minimum Gasteiger partial charge on any atom is -0.464 e. The monoisotopic (exact) mass is 284 g/mol. The predicted molar refractivity (Wildman–Crippen MR) is 69.2 cm³/mol. The molecule has 1 N–H and O–H groups in total. The third-order valence-corrected chi connectivity index (χ3v) is 2.76. The van der Waals surface area contributed by atoms with Crippen molar-refractivity contribution in [3.05, 3.63) is 51.5 Å². The van der Waals surface area contributed by atoms with Gasteiger partial charge in [0.15, 0.2) is 0 Å². The van der Waals surface area contributed by atoms with E-state index in [0.29, 0.717) is 28.0 Å². The molecule has 94 valence electrons. The number of nitrogens with one attached hydrogen (secondary N) is 1. The first-order chi connectivity index (χ1) is 8.58. The Morgan fingerprint density at radius 1 is 1.33 bits per heavy atom. The second-order valence-electron chi connectivity index (χ2n) is 3.69. The van der Waals surface area contributed by atoms with E-state index in [0.717, 1.165) is 5.56 Å². The summed E-state index contributed by atoms with van der Waals surface area (Å²) in [5, 5.41) is 1.13. The highest BCUT2D eigenvalue weighted by Gasteiger charge is 2.10. The van der Waals surface area contributed by atoms with Crippen LogP contribution in [0.3, 0.4) is 0 Å². The van der Waals surface area contributed by atoms with Crippen molar-refractivity contribution in [1.29, 1.82) is 0 Å². The Bertz CT molecular complexity index is 561. The molecule has 0 spiro atoms. The van der Waals surface area contributed by atoms with Crippen LogP contribution in [0.5, 0.6) is 0 Å². The van der Waals surface area contributed by atoms with Crippen molar-refractivity contribution in [2.24, 2.45) is 0 Å². The zero-order valence-corrected chi connectivity index (χ0v) is 11.0. The smallest absolute Gasteiger partial charge is 0.356 e. The number of hydrogen-bond acceptors (Lipinski definition) is 3. The van der Waals surface area contributed by atoms with Crippen LogP contribution >= 0.6 is 23.2 Å². The number of aromatic nitrogens is 2. The molecule has 4 nitrogen and oxygen atoms in total. The summed E-state index contributed by atoms with van der Waals surface area (Å²) < 4.78 is 4.59. The van der Waals surface area contributed by atoms with E-state index in [2.05, 4.69) is 14.7 Å². The molecule has 0 atom stereocenters. The van der Waals surface area contributed by atoms with Crippen LogP contribution in [0.4, 0.5) is 0 Å². The molecule has 0 unspecified atom stereocenters. The molecule has 6 heteroatoms. The number of carbonyl (C=O) groups excluding carboxylic acids is 1. The van der Waals surface area contributed by atoms with Crippen LogP contribution in [-0.4, -0.2) is 23.0 Å². The number of nitrogens with zero attached hydrogens (tertiary/aromatic N) is 1. The maximum absolute atomic E-state index is 11.3. The summed E-state index contributed by atoms with van der Waals surface area (Å²) in [6, 6.07) is 5.26. The van der Waals surface area contributed by atoms with Gasteiger partial charge in [-0.3, -0.25) is 0 Å². The second kappa shape index (κ2) is 5.42. The van der Waals surface area contributed by atoms with Crippen LogP contribution in [0.1, 0.15) is 21.9 Å². The van der Waals surface area contributed by atoms with E-state index in [-0.39, 0.29) is 0 Å². The number of H-pyrrole nitrogens is 1. The zero-order valence-electron chi connectivity index (χ0n) is 9.54. The highest BCUT2D eigenvalue weighted by atomic mass is 35.5. The summed E-state index contributed by atoms with van der Waals surface area (Å²) in [7, 11) is 1.32. The Labute approximate surface area is 114 Å². The van der Waals surface area contributed by atoms with Gasteiger partial charge in [-0.05, 0) is 23.8 Å². The largest absolute Gasteiger partial charge is 0.464 e. The molecule has 0 aliphatic heterocycles. The number of esters is 1.